The van der Waals surface area contributed by atoms with E-state index in [9.17, 15) is 0 Å². The number of anilines is 2. The van der Waals surface area contributed by atoms with Crippen LogP contribution in [0.15, 0.2) is 24.4 Å². The van der Waals surface area contributed by atoms with Gasteiger partial charge in [-0.1, -0.05) is 17.7 Å². The fourth-order valence-corrected chi connectivity index (χ4v) is 2.20. The fourth-order valence-electron chi connectivity index (χ4n) is 1.32. The van der Waals surface area contributed by atoms with E-state index in [1.54, 1.807) is 17.5 Å². The van der Waals surface area contributed by atoms with Crippen molar-refractivity contribution in [1.82, 2.24) is 4.98 Å². The van der Waals surface area contributed by atoms with Crippen molar-refractivity contribution in [3.8, 4) is 0 Å². The van der Waals surface area contributed by atoms with Crippen LogP contribution in [0.5, 0.6) is 0 Å². The molecule has 0 atom stereocenters. The number of hydrogen-bond acceptors (Lipinski definition) is 4. The number of nitrogens with zero attached hydrogens (tertiary/aromatic N) is 1. The molecule has 84 valence electrons. The number of rotatable bonds is 3. The van der Waals surface area contributed by atoms with Crippen LogP contribution in [-0.2, 0) is 6.54 Å². The Bertz CT molecular complexity index is 496. The molecule has 1 aromatic heterocycles. The fraction of sp³-hybridized carbons (Fsp3) is 0.182. The van der Waals surface area contributed by atoms with E-state index in [2.05, 4.69) is 10.3 Å². The van der Waals surface area contributed by atoms with Gasteiger partial charge < -0.3 is 11.1 Å². The predicted octanol–water partition coefficient (Wildman–Crippen LogP) is 3.31. The van der Waals surface area contributed by atoms with Gasteiger partial charge in [-0.2, -0.15) is 0 Å². The van der Waals surface area contributed by atoms with Crippen LogP contribution < -0.4 is 11.1 Å². The monoisotopic (exact) mass is 253 g/mol. The average molecular weight is 254 g/mol. The summed E-state index contributed by atoms with van der Waals surface area (Å²) >= 11 is 7.59. The third kappa shape index (κ3) is 2.35. The van der Waals surface area contributed by atoms with Gasteiger partial charge in [0.15, 0.2) is 5.13 Å². The molecule has 0 aliphatic carbocycles. The third-order valence-corrected chi connectivity index (χ3v) is 3.61. The molecule has 1 heterocycles. The number of aromatic nitrogens is 1. The second-order valence-corrected chi connectivity index (χ2v) is 4.90. The lowest BCUT2D eigenvalue weighted by Crippen LogP contribution is -1.92. The van der Waals surface area contributed by atoms with Crippen molar-refractivity contribution in [2.45, 2.75) is 13.5 Å². The van der Waals surface area contributed by atoms with Crippen molar-refractivity contribution < 1.29 is 0 Å². The number of benzene rings is 1. The zero-order valence-corrected chi connectivity index (χ0v) is 10.4. The van der Waals surface area contributed by atoms with Crippen molar-refractivity contribution in [2.24, 2.45) is 5.73 Å². The molecule has 0 fully saturated rings. The molecular formula is C11H12ClN3S. The molecule has 0 radical (unpaired) electrons. The minimum Gasteiger partial charge on any atom is -0.331 e. The quantitative estimate of drug-likeness (QED) is 0.882. The van der Waals surface area contributed by atoms with Gasteiger partial charge in [-0.3, -0.25) is 0 Å². The van der Waals surface area contributed by atoms with Crippen molar-refractivity contribution in [1.29, 1.82) is 0 Å². The third-order valence-electron chi connectivity index (χ3n) is 2.26. The lowest BCUT2D eigenvalue weighted by molar-refractivity contribution is 1.10. The molecule has 1 aromatic carbocycles. The minimum absolute atomic E-state index is 0.522. The van der Waals surface area contributed by atoms with E-state index in [0.717, 1.165) is 26.3 Å². The lowest BCUT2D eigenvalue weighted by atomic mass is 10.2. The first-order chi connectivity index (χ1) is 7.70. The Morgan fingerprint density at radius 1 is 1.50 bits per heavy atom. The Kier molecular flexibility index (Phi) is 3.43. The summed E-state index contributed by atoms with van der Waals surface area (Å²) in [5, 5.41) is 4.82. The molecule has 0 saturated carbocycles. The molecule has 0 bridgehead atoms. The van der Waals surface area contributed by atoms with Gasteiger partial charge in [-0.25, -0.2) is 4.98 Å². The molecule has 0 spiro atoms. The summed E-state index contributed by atoms with van der Waals surface area (Å²) in [5.74, 6) is 0. The first-order valence-corrected chi connectivity index (χ1v) is 6.07. The maximum absolute atomic E-state index is 6.04. The Hall–Kier alpha value is -1.10. The van der Waals surface area contributed by atoms with Crippen molar-refractivity contribution in [3.63, 3.8) is 0 Å². The van der Waals surface area contributed by atoms with Crippen LogP contribution in [0.1, 0.15) is 10.4 Å². The molecule has 2 aromatic rings. The second-order valence-electron chi connectivity index (χ2n) is 3.37. The van der Waals surface area contributed by atoms with Gasteiger partial charge in [-0.05, 0) is 24.6 Å². The summed E-state index contributed by atoms with van der Waals surface area (Å²) in [7, 11) is 0. The predicted molar refractivity (Wildman–Crippen MR) is 69.5 cm³/mol. The molecule has 3 nitrogen and oxygen atoms in total. The molecule has 0 aliphatic heterocycles. The molecule has 3 N–H and O–H groups in total. The molecule has 16 heavy (non-hydrogen) atoms. The average Bonchev–Trinajstić information content (AvgIpc) is 2.73. The van der Waals surface area contributed by atoms with E-state index in [1.807, 2.05) is 25.1 Å². The van der Waals surface area contributed by atoms with Crippen LogP contribution in [0.4, 0.5) is 10.8 Å². The zero-order valence-electron chi connectivity index (χ0n) is 8.83. The highest BCUT2D eigenvalue weighted by atomic mass is 35.5. The summed E-state index contributed by atoms with van der Waals surface area (Å²) in [4.78, 5) is 5.29. The number of nitrogens with one attached hydrogen (secondary N) is 1. The lowest BCUT2D eigenvalue weighted by Gasteiger charge is -2.07. The number of halogens is 1. The van der Waals surface area contributed by atoms with E-state index in [0.29, 0.717) is 6.54 Å². The number of thiazole rings is 1. The Morgan fingerprint density at radius 3 is 3.00 bits per heavy atom. The topological polar surface area (TPSA) is 50.9 Å². The summed E-state index contributed by atoms with van der Waals surface area (Å²) in [6, 6.07) is 5.76. The van der Waals surface area contributed by atoms with Gasteiger partial charge in [0.05, 0.1) is 0 Å². The van der Waals surface area contributed by atoms with Crippen LogP contribution in [0.3, 0.4) is 0 Å². The van der Waals surface area contributed by atoms with Gasteiger partial charge in [0, 0.05) is 28.3 Å². The van der Waals surface area contributed by atoms with Gasteiger partial charge in [0.2, 0.25) is 0 Å². The first kappa shape index (κ1) is 11.4. The molecule has 0 unspecified atom stereocenters. The highest BCUT2D eigenvalue weighted by Crippen LogP contribution is 2.28. The van der Waals surface area contributed by atoms with Gasteiger partial charge in [0.25, 0.3) is 0 Å². The second kappa shape index (κ2) is 4.82. The summed E-state index contributed by atoms with van der Waals surface area (Å²) in [5.41, 5.74) is 7.53. The highest BCUT2D eigenvalue weighted by molar-refractivity contribution is 7.15. The summed E-state index contributed by atoms with van der Waals surface area (Å²) < 4.78 is 0. The van der Waals surface area contributed by atoms with Crippen LogP contribution >= 0.6 is 22.9 Å². The van der Waals surface area contributed by atoms with Gasteiger partial charge in [0.1, 0.15) is 0 Å². The minimum atomic E-state index is 0.522. The van der Waals surface area contributed by atoms with Crippen molar-refractivity contribution in [2.75, 3.05) is 5.32 Å². The number of nitrogens with two attached hydrogens (primary N) is 1. The van der Waals surface area contributed by atoms with Crippen LogP contribution in [0, 0.1) is 6.92 Å². The van der Waals surface area contributed by atoms with Gasteiger partial charge in [-0.15, -0.1) is 11.3 Å². The van der Waals surface area contributed by atoms with E-state index >= 15 is 0 Å². The maximum Gasteiger partial charge on any atom is 0.187 e. The normalized spacial score (nSPS) is 10.4. The molecule has 0 amide bonds. The summed E-state index contributed by atoms with van der Waals surface area (Å²) in [6.07, 6.45) is 1.78. The van der Waals surface area contributed by atoms with Crippen molar-refractivity contribution >= 4 is 33.8 Å². The summed E-state index contributed by atoms with van der Waals surface area (Å²) in [6.45, 7) is 2.50. The Morgan fingerprint density at radius 2 is 2.31 bits per heavy atom. The molecule has 0 aliphatic rings. The zero-order chi connectivity index (χ0) is 11.5. The first-order valence-electron chi connectivity index (χ1n) is 4.87. The smallest absolute Gasteiger partial charge is 0.187 e. The number of hydrogen-bond donors (Lipinski definition) is 2. The Labute approximate surface area is 103 Å². The molecular weight excluding hydrogens is 242 g/mol. The van der Waals surface area contributed by atoms with Crippen LogP contribution in [-0.4, -0.2) is 4.98 Å². The van der Waals surface area contributed by atoms with Crippen LogP contribution in [0.2, 0.25) is 5.02 Å². The molecule has 5 heteroatoms. The maximum atomic E-state index is 6.04. The van der Waals surface area contributed by atoms with Gasteiger partial charge >= 0.3 is 0 Å². The van der Waals surface area contributed by atoms with E-state index in [-0.39, 0.29) is 0 Å². The molecule has 2 rings (SSSR count). The van der Waals surface area contributed by atoms with E-state index in [4.69, 9.17) is 17.3 Å². The van der Waals surface area contributed by atoms with Crippen LogP contribution in [0.25, 0.3) is 0 Å². The molecule has 0 saturated heterocycles. The van der Waals surface area contributed by atoms with Crippen molar-refractivity contribution in [3.05, 3.63) is 39.9 Å². The highest BCUT2D eigenvalue weighted by Gasteiger charge is 2.05. The van der Waals surface area contributed by atoms with E-state index < -0.39 is 0 Å². The largest absolute Gasteiger partial charge is 0.331 e. The van der Waals surface area contributed by atoms with E-state index in [1.165, 1.54) is 0 Å². The Balaban J connectivity index is 2.23. The standard InChI is InChI=1S/C11H12ClN3S/c1-7-9(12)3-2-4-10(7)15-11-14-6-8(5-13)16-11/h2-4,6H,5,13H2,1H3,(H,14,15). The SMILES string of the molecule is Cc1c(Cl)cccc1Nc1ncc(CN)s1.